The summed E-state index contributed by atoms with van der Waals surface area (Å²) >= 11 is 0. The van der Waals surface area contributed by atoms with Gasteiger partial charge in [-0.25, -0.2) is 0 Å². The molecule has 2 aromatic carbocycles. The molecule has 0 atom stereocenters. The molecule has 0 aromatic heterocycles. The number of carbonyl (C=O) groups is 2. The number of nitrogens with one attached hydrogen (secondary N) is 2. The minimum Gasteiger partial charge on any atom is -0.496 e. The van der Waals surface area contributed by atoms with Crippen LogP contribution in [0, 0.1) is 10.1 Å². The van der Waals surface area contributed by atoms with Crippen LogP contribution >= 0.6 is 0 Å². The molecular weight excluding hydrogens is 330 g/mol. The van der Waals surface area contributed by atoms with Gasteiger partial charge < -0.3 is 9.47 Å². The summed E-state index contributed by atoms with van der Waals surface area (Å²) in [4.78, 5) is 34.3. The van der Waals surface area contributed by atoms with E-state index in [2.05, 4.69) is 10.9 Å². The van der Waals surface area contributed by atoms with Crippen molar-refractivity contribution in [2.75, 3.05) is 14.2 Å². The van der Waals surface area contributed by atoms with Crippen molar-refractivity contribution in [3.8, 4) is 11.5 Å². The lowest BCUT2D eigenvalue weighted by atomic mass is 10.1. The van der Waals surface area contributed by atoms with Crippen LogP contribution in [0.3, 0.4) is 0 Å². The smallest absolute Gasteiger partial charge is 0.277 e. The summed E-state index contributed by atoms with van der Waals surface area (Å²) in [5, 5.41) is 10.6. The highest BCUT2D eigenvalue weighted by atomic mass is 16.6. The topological polar surface area (TPSA) is 120 Å². The summed E-state index contributed by atoms with van der Waals surface area (Å²) in [6.07, 6.45) is 0. The molecule has 2 aromatic rings. The second-order valence-corrected chi connectivity index (χ2v) is 4.75. The quantitative estimate of drug-likeness (QED) is 0.628. The summed E-state index contributed by atoms with van der Waals surface area (Å²) in [5.74, 6) is -0.704. The molecule has 0 fully saturated rings. The Kier molecular flexibility index (Phi) is 5.51. The normalized spacial score (nSPS) is 9.84. The molecule has 0 saturated carbocycles. The standard InChI is InChI=1S/C16H15N3O6/c1-24-12-4-3-5-13(25-2)14(12)16(21)18-17-15(20)10-6-8-11(9-7-10)19(22)23/h3-9H,1-2H3,(H,17,20)(H,18,21). The molecule has 0 heterocycles. The van der Waals surface area contributed by atoms with Crippen LogP contribution < -0.4 is 20.3 Å². The number of nitrogens with zero attached hydrogens (tertiary/aromatic N) is 1. The predicted molar refractivity (Wildman–Crippen MR) is 87.6 cm³/mol. The molecule has 0 aliphatic carbocycles. The van der Waals surface area contributed by atoms with Crippen molar-refractivity contribution >= 4 is 17.5 Å². The van der Waals surface area contributed by atoms with Crippen molar-refractivity contribution in [2.45, 2.75) is 0 Å². The Hall–Kier alpha value is -3.62. The highest BCUT2D eigenvalue weighted by Crippen LogP contribution is 2.27. The molecular formula is C16H15N3O6. The number of carbonyl (C=O) groups excluding carboxylic acids is 2. The summed E-state index contributed by atoms with van der Waals surface area (Å²) in [5.41, 5.74) is 4.61. The number of hydrogen-bond acceptors (Lipinski definition) is 6. The Labute approximate surface area is 142 Å². The molecule has 2 N–H and O–H groups in total. The van der Waals surface area contributed by atoms with Crippen molar-refractivity contribution in [3.05, 3.63) is 63.7 Å². The number of rotatable bonds is 5. The monoisotopic (exact) mass is 345 g/mol. The summed E-state index contributed by atoms with van der Waals surface area (Å²) in [7, 11) is 2.81. The van der Waals surface area contributed by atoms with Gasteiger partial charge in [-0.3, -0.25) is 30.6 Å². The van der Waals surface area contributed by atoms with Crippen molar-refractivity contribution in [2.24, 2.45) is 0 Å². The number of nitro groups is 1. The molecule has 25 heavy (non-hydrogen) atoms. The average Bonchev–Trinajstić information content (AvgIpc) is 2.64. The maximum absolute atomic E-state index is 12.3. The van der Waals surface area contributed by atoms with E-state index in [0.717, 1.165) is 0 Å². The van der Waals surface area contributed by atoms with E-state index in [-0.39, 0.29) is 28.3 Å². The molecule has 0 spiro atoms. The minimum absolute atomic E-state index is 0.122. The van der Waals surface area contributed by atoms with Crippen molar-refractivity contribution in [1.29, 1.82) is 0 Å². The van der Waals surface area contributed by atoms with Crippen LogP contribution in [0.25, 0.3) is 0 Å². The van der Waals surface area contributed by atoms with Gasteiger partial charge in [0.2, 0.25) is 0 Å². The largest absolute Gasteiger partial charge is 0.496 e. The molecule has 2 amide bonds. The van der Waals surface area contributed by atoms with Crippen molar-refractivity contribution in [3.63, 3.8) is 0 Å². The second kappa shape index (κ2) is 7.77. The fraction of sp³-hybridized carbons (Fsp3) is 0.125. The van der Waals surface area contributed by atoms with E-state index in [4.69, 9.17) is 9.47 Å². The Balaban J connectivity index is 2.09. The molecule has 0 aliphatic heterocycles. The van der Waals surface area contributed by atoms with Gasteiger partial charge in [0.1, 0.15) is 17.1 Å². The fourth-order valence-electron chi connectivity index (χ4n) is 2.06. The lowest BCUT2D eigenvalue weighted by Crippen LogP contribution is -2.41. The zero-order valence-electron chi connectivity index (χ0n) is 13.4. The molecule has 0 unspecified atom stereocenters. The SMILES string of the molecule is COc1cccc(OC)c1C(=O)NNC(=O)c1ccc([N+](=O)[O-])cc1. The van der Waals surface area contributed by atoms with Crippen LogP contribution in [-0.2, 0) is 0 Å². The minimum atomic E-state index is -0.635. The van der Waals surface area contributed by atoms with Gasteiger partial charge in [0.25, 0.3) is 17.5 Å². The number of hydrazine groups is 1. The van der Waals surface area contributed by atoms with E-state index in [0.29, 0.717) is 0 Å². The molecule has 0 saturated heterocycles. The highest BCUT2D eigenvalue weighted by Gasteiger charge is 2.19. The lowest BCUT2D eigenvalue weighted by molar-refractivity contribution is -0.384. The summed E-state index contributed by atoms with van der Waals surface area (Å²) in [6, 6.07) is 9.77. The number of nitro benzene ring substituents is 1. The van der Waals surface area contributed by atoms with E-state index >= 15 is 0 Å². The van der Waals surface area contributed by atoms with E-state index < -0.39 is 16.7 Å². The Morgan fingerprint density at radius 1 is 0.920 bits per heavy atom. The van der Waals surface area contributed by atoms with Crippen LogP contribution in [0.2, 0.25) is 0 Å². The first-order valence-electron chi connectivity index (χ1n) is 7.04. The van der Waals surface area contributed by atoms with Gasteiger partial charge in [-0.05, 0) is 24.3 Å². The second-order valence-electron chi connectivity index (χ2n) is 4.75. The number of hydrogen-bond donors (Lipinski definition) is 2. The molecule has 0 bridgehead atoms. The molecule has 0 aliphatic rings. The van der Waals surface area contributed by atoms with Gasteiger partial charge in [0, 0.05) is 17.7 Å². The van der Waals surface area contributed by atoms with E-state index in [1.807, 2.05) is 0 Å². The Bertz CT molecular complexity index is 782. The van der Waals surface area contributed by atoms with Crippen LogP contribution in [0.5, 0.6) is 11.5 Å². The van der Waals surface area contributed by atoms with Crippen LogP contribution in [0.15, 0.2) is 42.5 Å². The zero-order valence-corrected chi connectivity index (χ0v) is 13.4. The fourth-order valence-corrected chi connectivity index (χ4v) is 2.06. The molecule has 9 heteroatoms. The van der Waals surface area contributed by atoms with E-state index in [1.54, 1.807) is 18.2 Å². The first-order valence-corrected chi connectivity index (χ1v) is 7.04. The van der Waals surface area contributed by atoms with Crippen LogP contribution in [0.1, 0.15) is 20.7 Å². The van der Waals surface area contributed by atoms with Crippen LogP contribution in [0.4, 0.5) is 5.69 Å². The lowest BCUT2D eigenvalue weighted by Gasteiger charge is -2.13. The maximum Gasteiger partial charge on any atom is 0.277 e. The number of non-ortho nitro benzene ring substituents is 1. The maximum atomic E-state index is 12.3. The molecule has 9 nitrogen and oxygen atoms in total. The van der Waals surface area contributed by atoms with Gasteiger partial charge in [0.15, 0.2) is 0 Å². The number of benzene rings is 2. The number of ether oxygens (including phenoxy) is 2. The third kappa shape index (κ3) is 4.02. The number of amides is 2. The first kappa shape index (κ1) is 17.7. The van der Waals surface area contributed by atoms with Crippen molar-refractivity contribution < 1.29 is 24.0 Å². The third-order valence-electron chi connectivity index (χ3n) is 3.28. The number of methoxy groups -OCH3 is 2. The predicted octanol–water partition coefficient (Wildman–Crippen LogP) is 1.69. The van der Waals surface area contributed by atoms with Gasteiger partial charge in [-0.2, -0.15) is 0 Å². The van der Waals surface area contributed by atoms with E-state index in [1.165, 1.54) is 38.5 Å². The van der Waals surface area contributed by atoms with Gasteiger partial charge in [-0.1, -0.05) is 6.07 Å². The van der Waals surface area contributed by atoms with Crippen LogP contribution in [-0.4, -0.2) is 31.0 Å². The summed E-state index contributed by atoms with van der Waals surface area (Å²) in [6.45, 7) is 0. The van der Waals surface area contributed by atoms with Crippen molar-refractivity contribution in [1.82, 2.24) is 10.9 Å². The average molecular weight is 345 g/mol. The van der Waals surface area contributed by atoms with Gasteiger partial charge in [0.05, 0.1) is 19.1 Å². The van der Waals surface area contributed by atoms with Gasteiger partial charge >= 0.3 is 0 Å². The Morgan fingerprint density at radius 3 is 1.92 bits per heavy atom. The van der Waals surface area contributed by atoms with Gasteiger partial charge in [-0.15, -0.1) is 0 Å². The third-order valence-corrected chi connectivity index (χ3v) is 3.28. The van der Waals surface area contributed by atoms with E-state index in [9.17, 15) is 19.7 Å². The zero-order chi connectivity index (χ0) is 18.4. The molecule has 2 rings (SSSR count). The highest BCUT2D eigenvalue weighted by molar-refractivity contribution is 6.02. The molecule has 0 radical (unpaired) electrons. The molecule has 130 valence electrons. The first-order chi connectivity index (χ1) is 12.0. The Morgan fingerprint density at radius 2 is 1.44 bits per heavy atom. The summed E-state index contributed by atoms with van der Waals surface area (Å²) < 4.78 is 10.2.